The van der Waals surface area contributed by atoms with E-state index in [-0.39, 0.29) is 18.4 Å². The number of fused-ring (bicyclic) bond motifs is 1. The quantitative estimate of drug-likeness (QED) is 0.470. The summed E-state index contributed by atoms with van der Waals surface area (Å²) in [5.41, 5.74) is 2.76. The third kappa shape index (κ3) is 5.20. The summed E-state index contributed by atoms with van der Waals surface area (Å²) in [5.74, 6) is -1.82. The van der Waals surface area contributed by atoms with Crippen LogP contribution in [0.3, 0.4) is 0 Å². The molecule has 1 aromatic heterocycles. The molecule has 4 nitrogen and oxygen atoms in total. The Bertz CT molecular complexity index is 989. The molecule has 0 saturated carbocycles. The molecule has 28 heavy (non-hydrogen) atoms. The Morgan fingerprint density at radius 3 is 2.75 bits per heavy atom. The minimum atomic E-state index is -2.47. The van der Waals surface area contributed by atoms with E-state index in [2.05, 4.69) is 24.1 Å². The van der Waals surface area contributed by atoms with Gasteiger partial charge in [-0.1, -0.05) is 49.1 Å². The molecule has 0 radical (unpaired) electrons. The number of benzene rings is 2. The number of ether oxygens (including phenoxy) is 1. The van der Waals surface area contributed by atoms with Gasteiger partial charge < -0.3 is 4.74 Å². The molecule has 0 fully saturated rings. The Morgan fingerprint density at radius 1 is 1.25 bits per heavy atom. The minimum Gasteiger partial charge on any atom is -0.483 e. The lowest BCUT2D eigenvalue weighted by molar-refractivity contribution is -0.118. The molecule has 0 aliphatic heterocycles. The van der Waals surface area contributed by atoms with Crippen LogP contribution in [0, 0.1) is 6.92 Å². The zero-order chi connectivity index (χ0) is 20.3. The number of aromatic nitrogens is 1. The van der Waals surface area contributed by atoms with Crippen LogP contribution < -0.4 is 10.1 Å². The third-order valence-electron chi connectivity index (χ3n) is 3.98. The zero-order valence-corrected chi connectivity index (χ0v) is 17.3. The Labute approximate surface area is 170 Å². The van der Waals surface area contributed by atoms with E-state index in [0.717, 1.165) is 15.8 Å². The molecule has 0 saturated heterocycles. The summed E-state index contributed by atoms with van der Waals surface area (Å²) >= 11 is 1.73. The first kappa shape index (κ1) is 20.5. The predicted molar refractivity (Wildman–Crippen MR) is 111 cm³/mol. The van der Waals surface area contributed by atoms with Crippen molar-refractivity contribution in [1.82, 2.24) is 4.98 Å². The number of hydrogen-bond acceptors (Lipinski definition) is 5. The standard InChI is InChI=1S/C20H20F2N2O2S2/c1-11(2)14-6-4-12(3)8-16(14)26-10-18(25)24-20-23-15-7-5-13(27-19(21)22)9-17(15)28-20/h4-9,11,19H,10H2,1-3H3,(H,23,24,25). The fourth-order valence-electron chi connectivity index (χ4n) is 2.68. The maximum Gasteiger partial charge on any atom is 0.288 e. The maximum atomic E-state index is 12.5. The molecule has 0 unspecified atom stereocenters. The van der Waals surface area contributed by atoms with Crippen LogP contribution >= 0.6 is 23.1 Å². The average molecular weight is 423 g/mol. The number of carbonyl (C=O) groups is 1. The number of rotatable bonds is 7. The van der Waals surface area contributed by atoms with Crippen LogP contribution in [0.2, 0.25) is 0 Å². The van der Waals surface area contributed by atoms with Gasteiger partial charge in [-0.3, -0.25) is 10.1 Å². The lowest BCUT2D eigenvalue weighted by Crippen LogP contribution is -2.20. The number of nitrogens with zero attached hydrogens (tertiary/aromatic N) is 1. The number of alkyl halides is 2. The number of carbonyl (C=O) groups excluding carboxylic acids is 1. The number of thiazole rings is 1. The van der Waals surface area contributed by atoms with Crippen molar-refractivity contribution >= 4 is 44.4 Å². The monoisotopic (exact) mass is 422 g/mol. The topological polar surface area (TPSA) is 51.2 Å². The van der Waals surface area contributed by atoms with Crippen LogP contribution in [-0.2, 0) is 4.79 Å². The summed E-state index contributed by atoms with van der Waals surface area (Å²) in [6, 6.07) is 10.9. The molecule has 1 heterocycles. The van der Waals surface area contributed by atoms with Crippen molar-refractivity contribution in [2.45, 2.75) is 37.3 Å². The van der Waals surface area contributed by atoms with E-state index in [1.165, 1.54) is 11.3 Å². The smallest absolute Gasteiger partial charge is 0.288 e. The van der Waals surface area contributed by atoms with Crippen molar-refractivity contribution in [3.05, 3.63) is 47.5 Å². The van der Waals surface area contributed by atoms with Gasteiger partial charge in [0, 0.05) is 4.90 Å². The van der Waals surface area contributed by atoms with Crippen LogP contribution in [0.1, 0.15) is 30.9 Å². The molecule has 0 spiro atoms. The first-order valence-electron chi connectivity index (χ1n) is 8.70. The van der Waals surface area contributed by atoms with Gasteiger partial charge in [0.2, 0.25) is 0 Å². The van der Waals surface area contributed by atoms with Gasteiger partial charge in [-0.15, -0.1) is 0 Å². The second kappa shape index (κ2) is 8.87. The third-order valence-corrected chi connectivity index (χ3v) is 5.62. The van der Waals surface area contributed by atoms with E-state index in [4.69, 9.17) is 4.74 Å². The molecular weight excluding hydrogens is 402 g/mol. The van der Waals surface area contributed by atoms with Crippen LogP contribution in [0.25, 0.3) is 10.2 Å². The maximum absolute atomic E-state index is 12.5. The SMILES string of the molecule is Cc1ccc(C(C)C)c(OCC(=O)Nc2nc3ccc(SC(F)F)cc3s2)c1. The van der Waals surface area contributed by atoms with Crippen molar-refractivity contribution in [3.8, 4) is 5.75 Å². The molecule has 2 aromatic carbocycles. The molecule has 0 aliphatic carbocycles. The summed E-state index contributed by atoms with van der Waals surface area (Å²) in [6.07, 6.45) is 0. The number of halogens is 2. The Hall–Kier alpha value is -2.19. The van der Waals surface area contributed by atoms with Crippen molar-refractivity contribution < 1.29 is 18.3 Å². The number of aryl methyl sites for hydroxylation is 1. The number of amides is 1. The highest BCUT2D eigenvalue weighted by molar-refractivity contribution is 7.99. The van der Waals surface area contributed by atoms with E-state index in [1.54, 1.807) is 18.2 Å². The van der Waals surface area contributed by atoms with Crippen LogP contribution in [0.5, 0.6) is 5.75 Å². The molecule has 0 atom stereocenters. The second-order valence-corrected chi connectivity index (χ2v) is 8.65. The molecule has 1 N–H and O–H groups in total. The minimum absolute atomic E-state index is 0.133. The van der Waals surface area contributed by atoms with Gasteiger partial charge in [-0.05, 0) is 48.2 Å². The molecule has 3 aromatic rings. The van der Waals surface area contributed by atoms with Crippen LogP contribution in [0.15, 0.2) is 41.3 Å². The summed E-state index contributed by atoms with van der Waals surface area (Å²) in [6.45, 7) is 5.98. The normalized spacial score (nSPS) is 11.4. The van der Waals surface area contributed by atoms with Gasteiger partial charge in [0.25, 0.3) is 11.7 Å². The lowest BCUT2D eigenvalue weighted by Gasteiger charge is -2.14. The van der Waals surface area contributed by atoms with Crippen LogP contribution in [0.4, 0.5) is 13.9 Å². The van der Waals surface area contributed by atoms with Crippen molar-refractivity contribution in [3.63, 3.8) is 0 Å². The lowest BCUT2D eigenvalue weighted by atomic mass is 10.0. The molecule has 1 amide bonds. The highest BCUT2D eigenvalue weighted by Crippen LogP contribution is 2.32. The van der Waals surface area contributed by atoms with Crippen LogP contribution in [-0.4, -0.2) is 23.3 Å². The van der Waals surface area contributed by atoms with E-state index >= 15 is 0 Å². The average Bonchev–Trinajstić information content (AvgIpc) is 3.00. The number of thioether (sulfide) groups is 1. The summed E-state index contributed by atoms with van der Waals surface area (Å²) in [7, 11) is 0. The first-order chi connectivity index (χ1) is 13.3. The van der Waals surface area contributed by atoms with Crippen molar-refractivity contribution in [2.24, 2.45) is 0 Å². The van der Waals surface area contributed by atoms with Gasteiger partial charge in [0.05, 0.1) is 10.2 Å². The first-order valence-corrected chi connectivity index (χ1v) is 10.4. The molecule has 148 valence electrons. The predicted octanol–water partition coefficient (Wildman–Crippen LogP) is 6.06. The number of nitrogens with one attached hydrogen (secondary N) is 1. The van der Waals surface area contributed by atoms with E-state index in [0.29, 0.717) is 33.1 Å². The van der Waals surface area contributed by atoms with Gasteiger partial charge >= 0.3 is 0 Å². The van der Waals surface area contributed by atoms with E-state index < -0.39 is 5.76 Å². The van der Waals surface area contributed by atoms with E-state index in [1.807, 2.05) is 25.1 Å². The van der Waals surface area contributed by atoms with Gasteiger partial charge in [-0.25, -0.2) is 4.98 Å². The molecular formula is C20H20F2N2O2S2. The van der Waals surface area contributed by atoms with Crippen molar-refractivity contribution in [1.29, 1.82) is 0 Å². The van der Waals surface area contributed by atoms with Gasteiger partial charge in [0.1, 0.15) is 5.75 Å². The molecule has 3 rings (SSSR count). The zero-order valence-electron chi connectivity index (χ0n) is 15.7. The fraction of sp³-hybridized carbons (Fsp3) is 0.300. The Morgan fingerprint density at radius 2 is 2.04 bits per heavy atom. The fourth-order valence-corrected chi connectivity index (χ4v) is 4.21. The second-order valence-electron chi connectivity index (χ2n) is 6.56. The van der Waals surface area contributed by atoms with Gasteiger partial charge in [0.15, 0.2) is 11.7 Å². The highest BCUT2D eigenvalue weighted by atomic mass is 32.2. The Balaban J connectivity index is 1.66. The van der Waals surface area contributed by atoms with Gasteiger partial charge in [-0.2, -0.15) is 8.78 Å². The number of hydrogen-bond donors (Lipinski definition) is 1. The summed E-state index contributed by atoms with van der Waals surface area (Å²) < 4.78 is 31.5. The van der Waals surface area contributed by atoms with E-state index in [9.17, 15) is 13.6 Å². The van der Waals surface area contributed by atoms with Crippen molar-refractivity contribution in [2.75, 3.05) is 11.9 Å². The molecule has 8 heteroatoms. The summed E-state index contributed by atoms with van der Waals surface area (Å²) in [5, 5.41) is 3.13. The Kier molecular flexibility index (Phi) is 6.51. The largest absolute Gasteiger partial charge is 0.483 e. The number of anilines is 1. The summed E-state index contributed by atoms with van der Waals surface area (Å²) in [4.78, 5) is 17.1. The molecule has 0 bridgehead atoms. The molecule has 0 aliphatic rings. The highest BCUT2D eigenvalue weighted by Gasteiger charge is 2.13.